The van der Waals surface area contributed by atoms with Gasteiger partial charge in [-0.2, -0.15) is 0 Å². The van der Waals surface area contributed by atoms with Gasteiger partial charge in [-0.05, 0) is 18.9 Å². The van der Waals surface area contributed by atoms with Crippen LogP contribution in [-0.2, 0) is 0 Å². The van der Waals surface area contributed by atoms with Gasteiger partial charge in [-0.25, -0.2) is 4.98 Å². The Kier molecular flexibility index (Phi) is 3.86. The molecule has 1 saturated heterocycles. The molecule has 1 atom stereocenters. The normalized spacial score (nSPS) is 19.7. The molecule has 1 aromatic rings. The minimum Gasteiger partial charge on any atom is -0.394 e. The largest absolute Gasteiger partial charge is 0.394 e. The Balaban J connectivity index is 2.21. The molecule has 0 aromatic carbocycles. The Morgan fingerprint density at radius 3 is 3.00 bits per heavy atom. The maximum Gasteiger partial charge on any atom is 0.255 e. The van der Waals surface area contributed by atoms with Crippen LogP contribution in [0, 0.1) is 0 Å². The molecule has 1 aromatic heterocycles. The maximum atomic E-state index is 12.2. The van der Waals surface area contributed by atoms with Crippen LogP contribution in [-0.4, -0.2) is 40.1 Å². The number of likely N-dealkylation sites (tertiary alicyclic amines) is 1. The van der Waals surface area contributed by atoms with Gasteiger partial charge in [-0.15, -0.1) is 0 Å². The summed E-state index contributed by atoms with van der Waals surface area (Å²) in [4.78, 5) is 17.7. The molecule has 4 nitrogen and oxygen atoms in total. The van der Waals surface area contributed by atoms with Crippen LogP contribution in [0.2, 0.25) is 10.2 Å². The van der Waals surface area contributed by atoms with E-state index in [-0.39, 0.29) is 28.7 Å². The predicted molar refractivity (Wildman–Crippen MR) is 65.4 cm³/mol. The first kappa shape index (κ1) is 12.6. The van der Waals surface area contributed by atoms with Crippen LogP contribution in [0.25, 0.3) is 0 Å². The third-order valence-electron chi connectivity index (χ3n) is 2.89. The summed E-state index contributed by atoms with van der Waals surface area (Å²) in [5, 5.41) is 9.62. The summed E-state index contributed by atoms with van der Waals surface area (Å²) in [6.45, 7) is 0.644. The fourth-order valence-corrected chi connectivity index (χ4v) is 2.27. The van der Waals surface area contributed by atoms with Crippen molar-refractivity contribution in [3.63, 3.8) is 0 Å². The molecule has 17 heavy (non-hydrogen) atoms. The van der Waals surface area contributed by atoms with Crippen LogP contribution in [0.15, 0.2) is 12.3 Å². The monoisotopic (exact) mass is 274 g/mol. The molecule has 1 N–H and O–H groups in total. The van der Waals surface area contributed by atoms with Crippen LogP contribution < -0.4 is 0 Å². The first-order valence-corrected chi connectivity index (χ1v) is 6.12. The molecule has 0 radical (unpaired) electrons. The van der Waals surface area contributed by atoms with E-state index in [0.29, 0.717) is 12.1 Å². The van der Waals surface area contributed by atoms with Crippen molar-refractivity contribution < 1.29 is 9.90 Å². The first-order chi connectivity index (χ1) is 8.13. The van der Waals surface area contributed by atoms with Gasteiger partial charge in [0.2, 0.25) is 0 Å². The third kappa shape index (κ3) is 2.54. The average molecular weight is 275 g/mol. The average Bonchev–Trinajstić information content (AvgIpc) is 2.80. The van der Waals surface area contributed by atoms with Gasteiger partial charge in [0.15, 0.2) is 0 Å². The molecule has 2 rings (SSSR count). The molecule has 2 heterocycles. The third-order valence-corrected chi connectivity index (χ3v) is 3.58. The van der Waals surface area contributed by atoms with Gasteiger partial charge in [-0.1, -0.05) is 23.2 Å². The second-order valence-electron chi connectivity index (χ2n) is 3.97. The summed E-state index contributed by atoms with van der Waals surface area (Å²) in [5.74, 6) is -0.160. The highest BCUT2D eigenvalue weighted by Gasteiger charge is 2.29. The summed E-state index contributed by atoms with van der Waals surface area (Å²) in [5.41, 5.74) is 0.403. The summed E-state index contributed by atoms with van der Waals surface area (Å²) in [6.07, 6.45) is 3.14. The van der Waals surface area contributed by atoms with E-state index < -0.39 is 0 Å². The van der Waals surface area contributed by atoms with E-state index in [9.17, 15) is 9.90 Å². The van der Waals surface area contributed by atoms with E-state index in [2.05, 4.69) is 4.98 Å². The Hall–Kier alpha value is -0.840. The van der Waals surface area contributed by atoms with Crippen LogP contribution >= 0.6 is 23.2 Å². The van der Waals surface area contributed by atoms with Crippen molar-refractivity contribution in [1.29, 1.82) is 0 Å². The maximum absolute atomic E-state index is 12.2. The van der Waals surface area contributed by atoms with Crippen molar-refractivity contribution in [2.75, 3.05) is 13.2 Å². The molecule has 0 spiro atoms. The van der Waals surface area contributed by atoms with Gasteiger partial charge >= 0.3 is 0 Å². The summed E-state index contributed by atoms with van der Waals surface area (Å²) in [6, 6.07) is 1.41. The van der Waals surface area contributed by atoms with Gasteiger partial charge in [0.1, 0.15) is 5.15 Å². The van der Waals surface area contributed by atoms with Gasteiger partial charge < -0.3 is 10.0 Å². The van der Waals surface area contributed by atoms with Crippen molar-refractivity contribution in [2.24, 2.45) is 0 Å². The molecule has 6 heteroatoms. The highest BCUT2D eigenvalue weighted by atomic mass is 35.5. The molecule has 1 unspecified atom stereocenters. The number of carbonyl (C=O) groups is 1. The zero-order chi connectivity index (χ0) is 12.4. The second-order valence-corrected chi connectivity index (χ2v) is 4.74. The highest BCUT2D eigenvalue weighted by Crippen LogP contribution is 2.23. The lowest BCUT2D eigenvalue weighted by Crippen LogP contribution is -2.37. The highest BCUT2D eigenvalue weighted by molar-refractivity contribution is 6.41. The Labute approximate surface area is 109 Å². The lowest BCUT2D eigenvalue weighted by molar-refractivity contribution is 0.0677. The standard InChI is InChI=1S/C11H12Cl2N2O2/c12-9-4-7(5-14-10(9)13)11(17)15-3-1-2-8(15)6-16/h4-5,8,16H,1-3,6H2. The lowest BCUT2D eigenvalue weighted by atomic mass is 10.2. The number of aliphatic hydroxyl groups is 1. The number of pyridine rings is 1. The second kappa shape index (κ2) is 5.21. The van der Waals surface area contributed by atoms with E-state index in [1.165, 1.54) is 12.3 Å². The van der Waals surface area contributed by atoms with Crippen LogP contribution in [0.5, 0.6) is 0 Å². The number of aliphatic hydroxyl groups excluding tert-OH is 1. The van der Waals surface area contributed by atoms with Crippen molar-refractivity contribution in [3.05, 3.63) is 28.0 Å². The summed E-state index contributed by atoms with van der Waals surface area (Å²) >= 11 is 11.5. The SMILES string of the molecule is O=C(c1cnc(Cl)c(Cl)c1)N1CCCC1CO. The van der Waals surface area contributed by atoms with Crippen molar-refractivity contribution in [3.8, 4) is 0 Å². The molecule has 0 saturated carbocycles. The van der Waals surface area contributed by atoms with Crippen LogP contribution in [0.3, 0.4) is 0 Å². The van der Waals surface area contributed by atoms with Crippen molar-refractivity contribution in [2.45, 2.75) is 18.9 Å². The number of aromatic nitrogens is 1. The Morgan fingerprint density at radius 2 is 2.35 bits per heavy atom. The minimum atomic E-state index is -0.160. The number of hydrogen-bond acceptors (Lipinski definition) is 3. The number of halogens is 2. The Bertz CT molecular complexity index is 439. The smallest absolute Gasteiger partial charge is 0.255 e. The van der Waals surface area contributed by atoms with E-state index in [0.717, 1.165) is 12.8 Å². The van der Waals surface area contributed by atoms with Gasteiger partial charge in [0, 0.05) is 12.7 Å². The number of nitrogens with zero attached hydrogens (tertiary/aromatic N) is 2. The minimum absolute atomic E-state index is 0.0134. The predicted octanol–water partition coefficient (Wildman–Crippen LogP) is 1.99. The fourth-order valence-electron chi connectivity index (χ4n) is 2.00. The Morgan fingerprint density at radius 1 is 1.59 bits per heavy atom. The molecule has 1 aliphatic heterocycles. The molecule has 1 amide bonds. The van der Waals surface area contributed by atoms with Gasteiger partial charge in [0.05, 0.1) is 23.2 Å². The van der Waals surface area contributed by atoms with Crippen LogP contribution in [0.1, 0.15) is 23.2 Å². The number of carbonyl (C=O) groups excluding carboxylic acids is 1. The molecule has 1 aliphatic rings. The van der Waals surface area contributed by atoms with Gasteiger partial charge in [0.25, 0.3) is 5.91 Å². The topological polar surface area (TPSA) is 53.4 Å². The van der Waals surface area contributed by atoms with E-state index in [1.807, 2.05) is 0 Å². The molecule has 92 valence electrons. The fraction of sp³-hybridized carbons (Fsp3) is 0.455. The first-order valence-electron chi connectivity index (χ1n) is 5.36. The summed E-state index contributed by atoms with van der Waals surface area (Å²) in [7, 11) is 0. The molecule has 1 fully saturated rings. The van der Waals surface area contributed by atoms with E-state index in [1.54, 1.807) is 4.90 Å². The zero-order valence-corrected chi connectivity index (χ0v) is 10.6. The lowest BCUT2D eigenvalue weighted by Gasteiger charge is -2.22. The summed E-state index contributed by atoms with van der Waals surface area (Å²) < 4.78 is 0. The van der Waals surface area contributed by atoms with Crippen molar-refractivity contribution in [1.82, 2.24) is 9.88 Å². The van der Waals surface area contributed by atoms with Crippen molar-refractivity contribution >= 4 is 29.1 Å². The van der Waals surface area contributed by atoms with Gasteiger partial charge in [-0.3, -0.25) is 4.79 Å². The zero-order valence-electron chi connectivity index (χ0n) is 9.07. The quantitative estimate of drug-likeness (QED) is 0.840. The number of rotatable bonds is 2. The molecule has 0 aliphatic carbocycles. The van der Waals surface area contributed by atoms with E-state index in [4.69, 9.17) is 23.2 Å². The molecular formula is C11H12Cl2N2O2. The molecular weight excluding hydrogens is 263 g/mol. The number of amides is 1. The number of hydrogen-bond donors (Lipinski definition) is 1. The van der Waals surface area contributed by atoms with Crippen LogP contribution in [0.4, 0.5) is 0 Å². The van der Waals surface area contributed by atoms with E-state index >= 15 is 0 Å². The molecule has 0 bridgehead atoms.